The third-order valence-corrected chi connectivity index (χ3v) is 6.84. The summed E-state index contributed by atoms with van der Waals surface area (Å²) in [4.78, 5) is 42.2. The van der Waals surface area contributed by atoms with E-state index in [1.165, 1.54) is 16.7 Å². The third kappa shape index (κ3) is 5.09. The van der Waals surface area contributed by atoms with Crippen LogP contribution in [0.3, 0.4) is 0 Å². The molecule has 2 aromatic carbocycles. The number of carbonyl (C=O) groups excluding carboxylic acids is 1. The van der Waals surface area contributed by atoms with Gasteiger partial charge in [-0.05, 0) is 43.2 Å². The van der Waals surface area contributed by atoms with Crippen molar-refractivity contribution in [1.82, 2.24) is 4.57 Å². The van der Waals surface area contributed by atoms with E-state index in [0.29, 0.717) is 26.2 Å². The molecule has 0 unspecified atom stereocenters. The van der Waals surface area contributed by atoms with E-state index in [2.05, 4.69) is 4.99 Å². The van der Waals surface area contributed by atoms with Gasteiger partial charge in [0.2, 0.25) is 0 Å². The molecule has 0 saturated heterocycles. The molecular weight excluding hydrogens is 527 g/mol. The average Bonchev–Trinajstić information content (AvgIpc) is 3.12. The van der Waals surface area contributed by atoms with Crippen LogP contribution in [-0.4, -0.2) is 34.8 Å². The molecule has 36 heavy (non-hydrogen) atoms. The van der Waals surface area contributed by atoms with Gasteiger partial charge in [0, 0.05) is 0 Å². The van der Waals surface area contributed by atoms with Crippen molar-refractivity contribution in [1.29, 1.82) is 0 Å². The number of aliphatic carboxylic acids is 1. The summed E-state index contributed by atoms with van der Waals surface area (Å²) in [6.45, 7) is 3.03. The number of carboxylic acid groups (broad SMARTS) is 1. The highest BCUT2D eigenvalue weighted by atomic mass is 35.5. The van der Waals surface area contributed by atoms with Crippen LogP contribution in [0.15, 0.2) is 63.5 Å². The maximum Gasteiger partial charge on any atom is 0.341 e. The number of hydrogen-bond donors (Lipinski definition) is 1. The predicted molar refractivity (Wildman–Crippen MR) is 136 cm³/mol. The molecule has 0 spiro atoms. The largest absolute Gasteiger partial charge is 0.479 e. The van der Waals surface area contributed by atoms with E-state index in [4.69, 9.17) is 37.8 Å². The minimum absolute atomic E-state index is 0.0399. The first kappa shape index (κ1) is 25.7. The smallest absolute Gasteiger partial charge is 0.341 e. The molecule has 1 atom stereocenters. The molecule has 1 N–H and O–H groups in total. The van der Waals surface area contributed by atoms with E-state index >= 15 is 0 Å². The fourth-order valence-corrected chi connectivity index (χ4v) is 5.49. The summed E-state index contributed by atoms with van der Waals surface area (Å²) in [5.74, 6) is -1.66. The van der Waals surface area contributed by atoms with Crippen LogP contribution < -0.4 is 19.6 Å². The van der Waals surface area contributed by atoms with E-state index in [0.717, 1.165) is 16.9 Å². The molecule has 1 aromatic heterocycles. The van der Waals surface area contributed by atoms with Crippen LogP contribution in [0.2, 0.25) is 10.0 Å². The number of thiazole rings is 1. The van der Waals surface area contributed by atoms with Crippen LogP contribution in [0, 0.1) is 0 Å². The lowest BCUT2D eigenvalue weighted by Crippen LogP contribution is -2.39. The summed E-state index contributed by atoms with van der Waals surface area (Å²) in [5.41, 5.74) is 1.68. The number of fused-ring (bicyclic) bond motifs is 1. The van der Waals surface area contributed by atoms with Gasteiger partial charge in [0.1, 0.15) is 0 Å². The number of hydrogen-bond acceptors (Lipinski definition) is 7. The van der Waals surface area contributed by atoms with Crippen molar-refractivity contribution in [3.05, 3.63) is 94.6 Å². The molecule has 0 saturated carbocycles. The molecule has 186 valence electrons. The van der Waals surface area contributed by atoms with Gasteiger partial charge in [0.15, 0.2) is 17.2 Å². The molecule has 0 bridgehead atoms. The van der Waals surface area contributed by atoms with Crippen molar-refractivity contribution in [2.24, 2.45) is 4.99 Å². The molecule has 0 radical (unpaired) electrons. The molecular formula is C25H20Cl2N2O6S. The Morgan fingerprint density at radius 1 is 1.19 bits per heavy atom. The second-order valence-electron chi connectivity index (χ2n) is 7.71. The number of carbonyl (C=O) groups is 2. The number of aromatic nitrogens is 1. The zero-order valence-electron chi connectivity index (χ0n) is 19.2. The molecule has 3 aromatic rings. The van der Waals surface area contributed by atoms with Crippen molar-refractivity contribution >= 4 is 52.6 Å². The molecule has 1 aliphatic heterocycles. The number of rotatable bonds is 7. The molecule has 11 heteroatoms. The summed E-state index contributed by atoms with van der Waals surface area (Å²) < 4.78 is 12.3. The van der Waals surface area contributed by atoms with Crippen LogP contribution in [0.4, 0.5) is 0 Å². The maximum absolute atomic E-state index is 13.6. The van der Waals surface area contributed by atoms with Crippen molar-refractivity contribution in [2.45, 2.75) is 19.9 Å². The van der Waals surface area contributed by atoms with Gasteiger partial charge in [-0.2, -0.15) is 0 Å². The Labute approximate surface area is 219 Å². The average molecular weight is 547 g/mol. The molecule has 1 aliphatic rings. The summed E-state index contributed by atoms with van der Waals surface area (Å²) in [6, 6.07) is 11.5. The van der Waals surface area contributed by atoms with Gasteiger partial charge < -0.3 is 14.6 Å². The van der Waals surface area contributed by atoms with Crippen molar-refractivity contribution < 1.29 is 24.2 Å². The van der Waals surface area contributed by atoms with Crippen LogP contribution in [0.5, 0.6) is 5.75 Å². The van der Waals surface area contributed by atoms with Gasteiger partial charge in [-0.1, -0.05) is 64.9 Å². The molecule has 0 amide bonds. The quantitative estimate of drug-likeness (QED) is 0.454. The van der Waals surface area contributed by atoms with Gasteiger partial charge in [-0.15, -0.1) is 0 Å². The molecule has 0 aliphatic carbocycles. The monoisotopic (exact) mass is 546 g/mol. The van der Waals surface area contributed by atoms with E-state index in [1.54, 1.807) is 19.9 Å². The first-order valence-electron chi connectivity index (χ1n) is 10.8. The van der Waals surface area contributed by atoms with Crippen LogP contribution in [0.25, 0.3) is 6.08 Å². The highest BCUT2D eigenvalue weighted by Crippen LogP contribution is 2.34. The number of esters is 1. The highest BCUT2D eigenvalue weighted by molar-refractivity contribution is 7.07. The van der Waals surface area contributed by atoms with Crippen molar-refractivity contribution in [2.75, 3.05) is 13.2 Å². The van der Waals surface area contributed by atoms with Gasteiger partial charge in [-0.3, -0.25) is 9.36 Å². The van der Waals surface area contributed by atoms with Crippen LogP contribution in [0.1, 0.15) is 31.0 Å². The molecule has 4 rings (SSSR count). The van der Waals surface area contributed by atoms with E-state index in [-0.39, 0.29) is 28.0 Å². The standard InChI is InChI=1S/C25H20Cl2N2O6S/c1-3-34-24(33)20-13(2)28-25-29(21(20)15-7-5-4-6-8-15)23(32)18(36-25)11-14-9-16(26)22(17(27)10-14)35-12-19(30)31/h4-11,21H,3,12H2,1-2H3,(H,30,31)/b18-11-/t21-/m1/s1. The van der Waals surface area contributed by atoms with E-state index in [9.17, 15) is 14.4 Å². The lowest BCUT2D eigenvalue weighted by atomic mass is 9.96. The first-order chi connectivity index (χ1) is 17.2. The summed E-state index contributed by atoms with van der Waals surface area (Å²) in [7, 11) is 0. The number of benzene rings is 2. The number of halogens is 2. The summed E-state index contributed by atoms with van der Waals surface area (Å²) in [5, 5.41) is 9.03. The lowest BCUT2D eigenvalue weighted by Gasteiger charge is -2.24. The first-order valence-corrected chi connectivity index (χ1v) is 12.4. The summed E-state index contributed by atoms with van der Waals surface area (Å²) >= 11 is 13.7. The fourth-order valence-electron chi connectivity index (χ4n) is 3.83. The Kier molecular flexibility index (Phi) is 7.63. The van der Waals surface area contributed by atoms with Gasteiger partial charge >= 0.3 is 11.9 Å². The number of ether oxygens (including phenoxy) is 2. The second-order valence-corrected chi connectivity index (χ2v) is 9.53. The van der Waals surface area contributed by atoms with Gasteiger partial charge in [0.25, 0.3) is 5.56 Å². The Balaban J connectivity index is 1.85. The number of nitrogens with zero attached hydrogens (tertiary/aromatic N) is 2. The minimum atomic E-state index is -1.17. The van der Waals surface area contributed by atoms with E-state index < -0.39 is 24.6 Å². The maximum atomic E-state index is 13.6. The van der Waals surface area contributed by atoms with Crippen LogP contribution >= 0.6 is 34.5 Å². The second kappa shape index (κ2) is 10.7. The van der Waals surface area contributed by atoms with Crippen molar-refractivity contribution in [3.8, 4) is 5.75 Å². The SMILES string of the molecule is CCOC(=O)C1=C(C)N=c2s/c(=C\c3cc(Cl)c(OCC(=O)O)c(Cl)c3)c(=O)n2[C@@H]1c1ccccc1. The topological polar surface area (TPSA) is 107 Å². The Morgan fingerprint density at radius 3 is 2.47 bits per heavy atom. The Hall–Kier alpha value is -3.40. The Morgan fingerprint density at radius 2 is 1.86 bits per heavy atom. The van der Waals surface area contributed by atoms with Crippen molar-refractivity contribution in [3.63, 3.8) is 0 Å². The summed E-state index contributed by atoms with van der Waals surface area (Å²) in [6.07, 6.45) is 1.61. The van der Waals surface area contributed by atoms with Crippen LogP contribution in [-0.2, 0) is 14.3 Å². The zero-order valence-corrected chi connectivity index (χ0v) is 21.5. The van der Waals surface area contributed by atoms with Gasteiger partial charge in [-0.25, -0.2) is 14.6 Å². The predicted octanol–water partition coefficient (Wildman–Crippen LogP) is 3.57. The van der Waals surface area contributed by atoms with E-state index in [1.807, 2.05) is 30.3 Å². The Bertz CT molecular complexity index is 1540. The molecule has 8 nitrogen and oxygen atoms in total. The fraction of sp³-hybridized carbons (Fsp3) is 0.200. The number of allylic oxidation sites excluding steroid dienone is 1. The minimum Gasteiger partial charge on any atom is -0.479 e. The normalized spacial score (nSPS) is 15.3. The lowest BCUT2D eigenvalue weighted by molar-refractivity contribution is -0.140. The number of carboxylic acids is 1. The molecule has 0 fully saturated rings. The highest BCUT2D eigenvalue weighted by Gasteiger charge is 2.33. The molecule has 2 heterocycles. The third-order valence-electron chi connectivity index (χ3n) is 5.29. The zero-order chi connectivity index (χ0) is 26.0. The van der Waals surface area contributed by atoms with Gasteiger partial charge in [0.05, 0.1) is 38.5 Å².